The molecule has 0 aliphatic heterocycles. The third-order valence-electron chi connectivity index (χ3n) is 4.93. The molecule has 0 aromatic heterocycles. The molecule has 1 fully saturated rings. The Morgan fingerprint density at radius 2 is 1.72 bits per heavy atom. The smallest absolute Gasteiger partial charge is 0.0689 e. The summed E-state index contributed by atoms with van der Waals surface area (Å²) in [7, 11) is 0. The van der Waals surface area contributed by atoms with Crippen LogP contribution in [0.3, 0.4) is 0 Å². The number of hydrogen-bond acceptors (Lipinski definition) is 1. The first-order chi connectivity index (χ1) is 8.63. The van der Waals surface area contributed by atoms with Gasteiger partial charge in [-0.15, -0.1) is 0 Å². The van der Waals surface area contributed by atoms with Gasteiger partial charge in [-0.05, 0) is 43.9 Å². The van der Waals surface area contributed by atoms with Crippen LogP contribution in [-0.4, -0.2) is 0 Å². The van der Waals surface area contributed by atoms with Crippen LogP contribution in [-0.2, 0) is 0 Å². The van der Waals surface area contributed by atoms with Crippen LogP contribution >= 0.6 is 0 Å². The zero-order chi connectivity index (χ0) is 13.4. The van der Waals surface area contributed by atoms with Gasteiger partial charge in [-0.3, -0.25) is 0 Å². The topological polar surface area (TPSA) is 23.8 Å². The molecular formula is C17H31N. The number of unbranched alkanes of at least 4 members (excludes halogenated alkanes) is 4. The van der Waals surface area contributed by atoms with E-state index in [0.717, 1.165) is 31.1 Å². The average molecular weight is 249 g/mol. The molecule has 18 heavy (non-hydrogen) atoms. The zero-order valence-electron chi connectivity index (χ0n) is 12.7. The molecule has 1 rings (SSSR count). The molecule has 0 amide bonds. The molecule has 0 N–H and O–H groups in total. The third-order valence-corrected chi connectivity index (χ3v) is 4.93. The van der Waals surface area contributed by atoms with E-state index in [1.54, 1.807) is 0 Å². The van der Waals surface area contributed by atoms with Crippen LogP contribution in [0.5, 0.6) is 0 Å². The monoisotopic (exact) mass is 249 g/mol. The minimum atomic E-state index is 0.0393. The SMILES string of the molecule is CCCCCCCC1(C#N)CCC(C(C)C)CC1. The summed E-state index contributed by atoms with van der Waals surface area (Å²) in [6.07, 6.45) is 12.6. The van der Waals surface area contributed by atoms with Gasteiger partial charge in [-0.1, -0.05) is 52.9 Å². The molecule has 1 saturated carbocycles. The molecule has 0 aromatic carbocycles. The van der Waals surface area contributed by atoms with E-state index in [-0.39, 0.29) is 5.41 Å². The van der Waals surface area contributed by atoms with Crippen molar-refractivity contribution in [1.29, 1.82) is 5.26 Å². The summed E-state index contributed by atoms with van der Waals surface area (Å²) >= 11 is 0. The molecular weight excluding hydrogens is 218 g/mol. The second-order valence-electron chi connectivity index (χ2n) is 6.64. The first kappa shape index (κ1) is 15.5. The zero-order valence-corrected chi connectivity index (χ0v) is 12.7. The van der Waals surface area contributed by atoms with Crippen molar-refractivity contribution >= 4 is 0 Å². The van der Waals surface area contributed by atoms with Gasteiger partial charge in [0.1, 0.15) is 0 Å². The lowest BCUT2D eigenvalue weighted by atomic mass is 9.66. The van der Waals surface area contributed by atoms with Gasteiger partial charge in [-0.25, -0.2) is 0 Å². The van der Waals surface area contributed by atoms with Gasteiger partial charge in [0.2, 0.25) is 0 Å². The Labute approximate surface area is 114 Å². The van der Waals surface area contributed by atoms with Gasteiger partial charge in [0, 0.05) is 0 Å². The minimum absolute atomic E-state index is 0.0393. The Bertz CT molecular complexity index is 253. The summed E-state index contributed by atoms with van der Waals surface area (Å²) in [4.78, 5) is 0. The Kier molecular flexibility index (Phi) is 6.76. The van der Waals surface area contributed by atoms with E-state index < -0.39 is 0 Å². The molecule has 0 radical (unpaired) electrons. The van der Waals surface area contributed by atoms with Crippen LogP contribution in [0.4, 0.5) is 0 Å². The van der Waals surface area contributed by atoms with Crippen LogP contribution in [0.25, 0.3) is 0 Å². The van der Waals surface area contributed by atoms with Crippen molar-refractivity contribution in [3.63, 3.8) is 0 Å². The minimum Gasteiger partial charge on any atom is -0.198 e. The van der Waals surface area contributed by atoms with Gasteiger partial charge in [0.05, 0.1) is 11.5 Å². The lowest BCUT2D eigenvalue weighted by Gasteiger charge is -2.36. The molecule has 1 aliphatic rings. The first-order valence-corrected chi connectivity index (χ1v) is 8.05. The lowest BCUT2D eigenvalue weighted by Crippen LogP contribution is -2.28. The summed E-state index contributed by atoms with van der Waals surface area (Å²) < 4.78 is 0. The number of rotatable bonds is 7. The highest BCUT2D eigenvalue weighted by Crippen LogP contribution is 2.44. The summed E-state index contributed by atoms with van der Waals surface area (Å²) in [6, 6.07) is 2.67. The van der Waals surface area contributed by atoms with Crippen LogP contribution < -0.4 is 0 Å². The van der Waals surface area contributed by atoms with E-state index in [1.807, 2.05) is 0 Å². The summed E-state index contributed by atoms with van der Waals surface area (Å²) in [5, 5.41) is 9.52. The van der Waals surface area contributed by atoms with Crippen LogP contribution in [0.15, 0.2) is 0 Å². The van der Waals surface area contributed by atoms with Gasteiger partial charge in [0.25, 0.3) is 0 Å². The highest BCUT2D eigenvalue weighted by Gasteiger charge is 2.35. The molecule has 1 nitrogen and oxygen atoms in total. The number of nitriles is 1. The maximum atomic E-state index is 9.52. The predicted molar refractivity (Wildman–Crippen MR) is 78.2 cm³/mol. The molecule has 1 heteroatoms. The second-order valence-corrected chi connectivity index (χ2v) is 6.64. The third kappa shape index (κ3) is 4.63. The van der Waals surface area contributed by atoms with Crippen molar-refractivity contribution in [2.75, 3.05) is 0 Å². The van der Waals surface area contributed by atoms with E-state index in [0.29, 0.717) is 0 Å². The Hall–Kier alpha value is -0.510. The maximum Gasteiger partial charge on any atom is 0.0689 e. The molecule has 0 unspecified atom stereocenters. The molecule has 0 saturated heterocycles. The Balaban J connectivity index is 2.30. The summed E-state index contributed by atoms with van der Waals surface area (Å²) in [6.45, 7) is 6.91. The molecule has 1 aliphatic carbocycles. The molecule has 0 heterocycles. The van der Waals surface area contributed by atoms with Crippen molar-refractivity contribution in [3.05, 3.63) is 0 Å². The van der Waals surface area contributed by atoms with E-state index in [1.165, 1.54) is 44.9 Å². The quantitative estimate of drug-likeness (QED) is 0.531. The fourth-order valence-electron chi connectivity index (χ4n) is 3.34. The van der Waals surface area contributed by atoms with Gasteiger partial charge >= 0.3 is 0 Å². The van der Waals surface area contributed by atoms with E-state index in [4.69, 9.17) is 0 Å². The maximum absolute atomic E-state index is 9.52. The van der Waals surface area contributed by atoms with Crippen molar-refractivity contribution in [3.8, 4) is 6.07 Å². The summed E-state index contributed by atoms with van der Waals surface area (Å²) in [5.41, 5.74) is 0.0393. The standard InChI is InChI=1S/C17H31N/c1-4-5-6-7-8-11-17(14-18)12-9-16(10-13-17)15(2)3/h15-16H,4-13H2,1-3H3. The van der Waals surface area contributed by atoms with Crippen LogP contribution in [0.1, 0.15) is 85.0 Å². The highest BCUT2D eigenvalue weighted by atomic mass is 14.4. The van der Waals surface area contributed by atoms with Crippen LogP contribution in [0, 0.1) is 28.6 Å². The van der Waals surface area contributed by atoms with Crippen molar-refractivity contribution < 1.29 is 0 Å². The molecule has 104 valence electrons. The second kappa shape index (κ2) is 7.82. The fraction of sp³-hybridized carbons (Fsp3) is 0.941. The van der Waals surface area contributed by atoms with Crippen molar-refractivity contribution in [2.45, 2.75) is 85.0 Å². The highest BCUT2D eigenvalue weighted by molar-refractivity contribution is 5.01. The predicted octanol–water partition coefficient (Wildman–Crippen LogP) is 5.70. The van der Waals surface area contributed by atoms with E-state index >= 15 is 0 Å². The van der Waals surface area contributed by atoms with Gasteiger partial charge in [0.15, 0.2) is 0 Å². The van der Waals surface area contributed by atoms with E-state index in [2.05, 4.69) is 26.8 Å². The molecule has 0 spiro atoms. The average Bonchev–Trinajstić information content (AvgIpc) is 2.39. The number of nitrogens with zero attached hydrogens (tertiary/aromatic N) is 1. The normalized spacial score (nSPS) is 28.3. The molecule has 0 bridgehead atoms. The first-order valence-electron chi connectivity index (χ1n) is 8.05. The molecule has 0 atom stereocenters. The molecule has 0 aromatic rings. The van der Waals surface area contributed by atoms with E-state index in [9.17, 15) is 5.26 Å². The summed E-state index contributed by atoms with van der Waals surface area (Å²) in [5.74, 6) is 1.66. The Morgan fingerprint density at radius 3 is 2.22 bits per heavy atom. The van der Waals surface area contributed by atoms with Gasteiger partial charge < -0.3 is 0 Å². The fourth-order valence-corrected chi connectivity index (χ4v) is 3.34. The van der Waals surface area contributed by atoms with Gasteiger partial charge in [-0.2, -0.15) is 5.26 Å². The largest absolute Gasteiger partial charge is 0.198 e. The Morgan fingerprint density at radius 1 is 1.11 bits per heavy atom. The van der Waals surface area contributed by atoms with Crippen LogP contribution in [0.2, 0.25) is 0 Å². The lowest BCUT2D eigenvalue weighted by molar-refractivity contribution is 0.163. The van der Waals surface area contributed by atoms with Crippen molar-refractivity contribution in [2.24, 2.45) is 17.3 Å². The van der Waals surface area contributed by atoms with Crippen molar-refractivity contribution in [1.82, 2.24) is 0 Å². The number of hydrogen-bond donors (Lipinski definition) is 0.